The van der Waals surface area contributed by atoms with E-state index in [1.54, 1.807) is 0 Å². The lowest BCUT2D eigenvalue weighted by Gasteiger charge is -2.52. The van der Waals surface area contributed by atoms with E-state index < -0.39 is 0 Å². The molecule has 0 N–H and O–H groups in total. The number of rotatable bonds is 3. The first-order chi connectivity index (χ1) is 12.2. The lowest BCUT2D eigenvalue weighted by Crippen LogP contribution is -2.48. The standard InChI is InChI=1S/C22H25NO2/c24-21(25-17-18-7-3-1-4-8-18)23-13-11-22(12-14-23)15-20(16-22)19-9-5-2-6-10-19/h1-10,20H,11-17H2. The highest BCUT2D eigenvalue weighted by atomic mass is 16.6. The fourth-order valence-corrected chi connectivity index (χ4v) is 4.33. The minimum Gasteiger partial charge on any atom is -0.445 e. The van der Waals surface area contributed by atoms with E-state index in [9.17, 15) is 4.79 Å². The van der Waals surface area contributed by atoms with Gasteiger partial charge in [0.2, 0.25) is 0 Å². The van der Waals surface area contributed by atoms with Crippen molar-refractivity contribution in [1.29, 1.82) is 0 Å². The summed E-state index contributed by atoms with van der Waals surface area (Å²) in [7, 11) is 0. The molecule has 1 saturated carbocycles. The van der Waals surface area contributed by atoms with Crippen molar-refractivity contribution in [2.75, 3.05) is 13.1 Å². The van der Waals surface area contributed by atoms with Crippen molar-refractivity contribution in [1.82, 2.24) is 4.90 Å². The molecule has 3 heteroatoms. The molecule has 1 heterocycles. The molecule has 1 aliphatic heterocycles. The minimum absolute atomic E-state index is 0.169. The van der Waals surface area contributed by atoms with Gasteiger partial charge in [-0.25, -0.2) is 4.79 Å². The third-order valence-electron chi connectivity index (χ3n) is 5.92. The second-order valence-electron chi connectivity index (χ2n) is 7.54. The summed E-state index contributed by atoms with van der Waals surface area (Å²) in [6.45, 7) is 2.02. The fourth-order valence-electron chi connectivity index (χ4n) is 4.33. The molecule has 3 nitrogen and oxygen atoms in total. The largest absolute Gasteiger partial charge is 0.445 e. The molecule has 0 radical (unpaired) electrons. The molecule has 2 aliphatic rings. The Bertz CT molecular complexity index is 697. The van der Waals surface area contributed by atoms with Crippen molar-refractivity contribution < 1.29 is 9.53 Å². The van der Waals surface area contributed by atoms with Crippen LogP contribution in [0.2, 0.25) is 0 Å². The molecule has 2 aromatic carbocycles. The second kappa shape index (κ2) is 6.91. The molecule has 1 spiro atoms. The highest BCUT2D eigenvalue weighted by Gasteiger charge is 2.46. The van der Waals surface area contributed by atoms with Crippen LogP contribution in [0.1, 0.15) is 42.7 Å². The van der Waals surface area contributed by atoms with Crippen molar-refractivity contribution in [2.45, 2.75) is 38.2 Å². The summed E-state index contributed by atoms with van der Waals surface area (Å²) < 4.78 is 5.46. The summed E-state index contributed by atoms with van der Waals surface area (Å²) in [5.74, 6) is 0.706. The Morgan fingerprint density at radius 1 is 0.960 bits per heavy atom. The molecule has 1 aliphatic carbocycles. The second-order valence-corrected chi connectivity index (χ2v) is 7.54. The van der Waals surface area contributed by atoms with E-state index in [0.29, 0.717) is 17.9 Å². The van der Waals surface area contributed by atoms with E-state index in [1.165, 1.54) is 18.4 Å². The van der Waals surface area contributed by atoms with Crippen LogP contribution in [0.3, 0.4) is 0 Å². The Morgan fingerprint density at radius 3 is 2.20 bits per heavy atom. The van der Waals surface area contributed by atoms with Crippen LogP contribution in [-0.2, 0) is 11.3 Å². The summed E-state index contributed by atoms with van der Waals surface area (Å²) in [5.41, 5.74) is 2.96. The summed E-state index contributed by atoms with van der Waals surface area (Å²) in [6.07, 6.45) is 4.58. The Hall–Kier alpha value is -2.29. The van der Waals surface area contributed by atoms with Gasteiger partial charge in [0.05, 0.1) is 0 Å². The highest BCUT2D eigenvalue weighted by molar-refractivity contribution is 5.67. The molecule has 25 heavy (non-hydrogen) atoms. The van der Waals surface area contributed by atoms with E-state index in [4.69, 9.17) is 4.74 Å². The van der Waals surface area contributed by atoms with Gasteiger partial charge in [0.15, 0.2) is 0 Å². The van der Waals surface area contributed by atoms with E-state index in [1.807, 2.05) is 35.2 Å². The van der Waals surface area contributed by atoms with Crippen LogP contribution in [0.25, 0.3) is 0 Å². The van der Waals surface area contributed by atoms with Crippen molar-refractivity contribution in [3.8, 4) is 0 Å². The molecule has 0 bridgehead atoms. The maximum atomic E-state index is 12.3. The quantitative estimate of drug-likeness (QED) is 0.791. The van der Waals surface area contributed by atoms with Gasteiger partial charge in [-0.1, -0.05) is 60.7 Å². The lowest BCUT2D eigenvalue weighted by molar-refractivity contribution is 0.0102. The SMILES string of the molecule is O=C(OCc1ccccc1)N1CCC2(CC1)CC(c1ccccc1)C2. The molecule has 1 saturated heterocycles. The number of hydrogen-bond donors (Lipinski definition) is 0. The number of amides is 1. The Morgan fingerprint density at radius 2 is 1.56 bits per heavy atom. The monoisotopic (exact) mass is 335 g/mol. The summed E-state index contributed by atoms with van der Waals surface area (Å²) >= 11 is 0. The van der Waals surface area contributed by atoms with Crippen molar-refractivity contribution in [3.05, 3.63) is 71.8 Å². The first-order valence-electron chi connectivity index (χ1n) is 9.25. The maximum Gasteiger partial charge on any atom is 0.410 e. The first kappa shape index (κ1) is 16.2. The molecule has 2 fully saturated rings. The topological polar surface area (TPSA) is 29.5 Å². The highest BCUT2D eigenvalue weighted by Crippen LogP contribution is 2.56. The molecule has 0 atom stereocenters. The smallest absolute Gasteiger partial charge is 0.410 e. The van der Waals surface area contributed by atoms with Crippen LogP contribution in [0.4, 0.5) is 4.79 Å². The predicted octanol–water partition coefficient (Wildman–Crippen LogP) is 4.98. The zero-order chi connectivity index (χ0) is 17.1. The summed E-state index contributed by atoms with van der Waals surface area (Å²) in [4.78, 5) is 14.2. The van der Waals surface area contributed by atoms with Crippen molar-refractivity contribution in [2.24, 2.45) is 5.41 Å². The van der Waals surface area contributed by atoms with Crippen molar-refractivity contribution >= 4 is 6.09 Å². The molecule has 4 rings (SSSR count). The van der Waals surface area contributed by atoms with Gasteiger partial charge in [-0.2, -0.15) is 0 Å². The van der Waals surface area contributed by atoms with E-state index in [2.05, 4.69) is 30.3 Å². The number of hydrogen-bond acceptors (Lipinski definition) is 2. The zero-order valence-corrected chi connectivity index (χ0v) is 14.6. The van der Waals surface area contributed by atoms with Crippen LogP contribution >= 0.6 is 0 Å². The first-order valence-corrected chi connectivity index (χ1v) is 9.25. The van der Waals surface area contributed by atoms with Gasteiger partial charge >= 0.3 is 6.09 Å². The third kappa shape index (κ3) is 3.55. The summed E-state index contributed by atoms with van der Waals surface area (Å²) in [5, 5.41) is 0. The van der Waals surface area contributed by atoms with Gasteiger partial charge in [-0.05, 0) is 48.1 Å². The Kier molecular flexibility index (Phi) is 4.48. The number of benzene rings is 2. The van der Waals surface area contributed by atoms with Gasteiger partial charge in [-0.15, -0.1) is 0 Å². The molecular formula is C22H25NO2. The van der Waals surface area contributed by atoms with Gasteiger partial charge < -0.3 is 9.64 Å². The van der Waals surface area contributed by atoms with Gasteiger partial charge in [-0.3, -0.25) is 0 Å². The van der Waals surface area contributed by atoms with Crippen LogP contribution in [0.15, 0.2) is 60.7 Å². The molecule has 1 amide bonds. The normalized spacial score (nSPS) is 19.4. The molecule has 0 unspecified atom stereocenters. The van der Waals surface area contributed by atoms with E-state index in [0.717, 1.165) is 31.5 Å². The number of piperidine rings is 1. The lowest BCUT2D eigenvalue weighted by atomic mass is 9.56. The maximum absolute atomic E-state index is 12.3. The fraction of sp³-hybridized carbons (Fsp3) is 0.409. The summed E-state index contributed by atoms with van der Waals surface area (Å²) in [6, 6.07) is 20.7. The average Bonchev–Trinajstić information content (AvgIpc) is 2.66. The Balaban J connectivity index is 1.24. The van der Waals surface area contributed by atoms with Crippen LogP contribution in [-0.4, -0.2) is 24.1 Å². The van der Waals surface area contributed by atoms with Crippen molar-refractivity contribution in [3.63, 3.8) is 0 Å². The van der Waals surface area contributed by atoms with Gasteiger partial charge in [0.1, 0.15) is 6.61 Å². The molecule has 0 aromatic heterocycles. The Labute approximate surface area is 149 Å². The van der Waals surface area contributed by atoms with E-state index in [-0.39, 0.29) is 6.09 Å². The zero-order valence-electron chi connectivity index (χ0n) is 14.6. The van der Waals surface area contributed by atoms with E-state index >= 15 is 0 Å². The number of ether oxygens (including phenoxy) is 1. The third-order valence-corrected chi connectivity index (χ3v) is 5.92. The number of carbonyl (C=O) groups excluding carboxylic acids is 1. The number of likely N-dealkylation sites (tertiary alicyclic amines) is 1. The number of carbonyl (C=O) groups is 1. The van der Waals surface area contributed by atoms with Crippen LogP contribution in [0, 0.1) is 5.41 Å². The molecule has 130 valence electrons. The van der Waals surface area contributed by atoms with Gasteiger partial charge in [0.25, 0.3) is 0 Å². The predicted molar refractivity (Wildman–Crippen MR) is 98.3 cm³/mol. The molecule has 2 aromatic rings. The minimum atomic E-state index is -0.169. The number of nitrogens with zero attached hydrogens (tertiary/aromatic N) is 1. The van der Waals surface area contributed by atoms with Gasteiger partial charge in [0, 0.05) is 13.1 Å². The van der Waals surface area contributed by atoms with Crippen LogP contribution < -0.4 is 0 Å². The van der Waals surface area contributed by atoms with Crippen LogP contribution in [0.5, 0.6) is 0 Å². The average molecular weight is 335 g/mol. The molecular weight excluding hydrogens is 310 g/mol.